The Morgan fingerprint density at radius 3 is 2.71 bits per heavy atom. The molecule has 0 bridgehead atoms. The molecule has 4 heterocycles. The van der Waals surface area contributed by atoms with Gasteiger partial charge in [-0.2, -0.15) is 0 Å². The fourth-order valence-corrected chi connectivity index (χ4v) is 5.76. The quantitative estimate of drug-likeness (QED) is 0.507. The third-order valence-electron chi connectivity index (χ3n) is 7.13. The van der Waals surface area contributed by atoms with Gasteiger partial charge < -0.3 is 29.4 Å². The lowest BCUT2D eigenvalue weighted by Crippen LogP contribution is -2.61. The molecule has 2 unspecified atom stereocenters. The molecular formula is C27H34ClN5O5. The van der Waals surface area contributed by atoms with E-state index in [0.29, 0.717) is 41.6 Å². The van der Waals surface area contributed by atoms with Gasteiger partial charge in [0.15, 0.2) is 5.75 Å². The van der Waals surface area contributed by atoms with Crippen LogP contribution in [0.4, 0.5) is 5.69 Å². The monoisotopic (exact) mass is 543 g/mol. The average Bonchev–Trinajstić information content (AvgIpc) is 3.21. The number of nitrogens with one attached hydrogen (secondary N) is 2. The Bertz CT molecular complexity index is 1360. The van der Waals surface area contributed by atoms with Gasteiger partial charge in [-0.1, -0.05) is 11.6 Å². The van der Waals surface area contributed by atoms with Crippen LogP contribution in [-0.2, 0) is 19.1 Å². The molecule has 204 valence electrons. The SMILES string of the molecule is COc1c(Cl)cc2c([nH]c3cnccc32)c1NC(=O)C1COC(C)(C)CN1CC(=O)N1CC(C)O[C@H](C)C1. The van der Waals surface area contributed by atoms with Crippen molar-refractivity contribution < 1.29 is 23.8 Å². The Hall–Kier alpha value is -2.92. The molecular weight excluding hydrogens is 510 g/mol. The molecule has 0 radical (unpaired) electrons. The summed E-state index contributed by atoms with van der Waals surface area (Å²) < 4.78 is 17.4. The van der Waals surface area contributed by atoms with Gasteiger partial charge in [0, 0.05) is 36.6 Å². The smallest absolute Gasteiger partial charge is 0.244 e. The number of rotatable bonds is 5. The van der Waals surface area contributed by atoms with Crippen molar-refractivity contribution in [3.05, 3.63) is 29.5 Å². The normalized spacial score (nSPS) is 24.1. The number of pyridine rings is 1. The van der Waals surface area contributed by atoms with E-state index >= 15 is 0 Å². The standard InChI is InChI=1S/C27H34ClN5O5/c1-15-10-32(11-16(2)38-15)22(34)12-33-14-27(3,4)37-13-21(33)26(35)31-24-23-18(8-19(28)25(24)36-5)17-6-7-29-9-20(17)30-23/h6-9,15-16,21,30H,10-14H2,1-5H3,(H,31,35)/t15-,16?,21?/m1/s1. The number of ether oxygens (including phenoxy) is 3. The number of fused-ring (bicyclic) bond motifs is 3. The molecule has 10 nitrogen and oxygen atoms in total. The number of amides is 2. The summed E-state index contributed by atoms with van der Waals surface area (Å²) in [6.45, 7) is 9.56. The third kappa shape index (κ3) is 5.18. The zero-order valence-electron chi connectivity index (χ0n) is 22.3. The molecule has 2 fully saturated rings. The van der Waals surface area contributed by atoms with Crippen LogP contribution in [0.5, 0.6) is 5.75 Å². The Morgan fingerprint density at radius 1 is 1.26 bits per heavy atom. The Balaban J connectivity index is 1.44. The molecule has 2 aliphatic heterocycles. The maximum atomic E-state index is 13.8. The van der Waals surface area contributed by atoms with Gasteiger partial charge in [0.1, 0.15) is 11.7 Å². The molecule has 5 rings (SSSR count). The minimum Gasteiger partial charge on any atom is -0.493 e. The highest BCUT2D eigenvalue weighted by Gasteiger charge is 2.40. The molecule has 2 amide bonds. The summed E-state index contributed by atoms with van der Waals surface area (Å²) >= 11 is 6.58. The number of anilines is 1. The highest BCUT2D eigenvalue weighted by atomic mass is 35.5. The highest BCUT2D eigenvalue weighted by molar-refractivity contribution is 6.35. The molecule has 38 heavy (non-hydrogen) atoms. The molecule has 2 aromatic heterocycles. The number of carbonyl (C=O) groups excluding carboxylic acids is 2. The Labute approximate surface area is 226 Å². The van der Waals surface area contributed by atoms with E-state index in [4.69, 9.17) is 25.8 Å². The largest absolute Gasteiger partial charge is 0.493 e. The molecule has 11 heteroatoms. The summed E-state index contributed by atoms with van der Waals surface area (Å²) in [5, 5.41) is 5.18. The summed E-state index contributed by atoms with van der Waals surface area (Å²) in [6, 6.07) is 3.01. The van der Waals surface area contributed by atoms with E-state index in [2.05, 4.69) is 15.3 Å². The van der Waals surface area contributed by atoms with Gasteiger partial charge >= 0.3 is 0 Å². The van der Waals surface area contributed by atoms with Crippen LogP contribution in [0.25, 0.3) is 21.8 Å². The first kappa shape index (κ1) is 26.7. The third-order valence-corrected chi connectivity index (χ3v) is 7.41. The molecule has 3 aromatic rings. The van der Waals surface area contributed by atoms with E-state index in [0.717, 1.165) is 16.3 Å². The zero-order valence-corrected chi connectivity index (χ0v) is 23.1. The van der Waals surface area contributed by atoms with Crippen molar-refractivity contribution in [2.24, 2.45) is 0 Å². The van der Waals surface area contributed by atoms with Crippen LogP contribution in [0.3, 0.4) is 0 Å². The van der Waals surface area contributed by atoms with Gasteiger partial charge in [-0.25, -0.2) is 0 Å². The predicted molar refractivity (Wildman–Crippen MR) is 146 cm³/mol. The lowest BCUT2D eigenvalue weighted by molar-refractivity contribution is -0.156. The van der Waals surface area contributed by atoms with Gasteiger partial charge in [-0.15, -0.1) is 0 Å². The topological polar surface area (TPSA) is 109 Å². The summed E-state index contributed by atoms with van der Waals surface area (Å²) in [6.07, 6.45) is 3.36. The number of aromatic amines is 1. The minimum absolute atomic E-state index is 0.0339. The van der Waals surface area contributed by atoms with Gasteiger partial charge in [0.25, 0.3) is 0 Å². The van der Waals surface area contributed by atoms with Crippen LogP contribution in [0.1, 0.15) is 27.7 Å². The van der Waals surface area contributed by atoms with Crippen molar-refractivity contribution in [2.45, 2.75) is 51.5 Å². The molecule has 0 spiro atoms. The number of aromatic nitrogens is 2. The number of hydrogen-bond donors (Lipinski definition) is 2. The molecule has 1 aromatic carbocycles. The molecule has 2 N–H and O–H groups in total. The van der Waals surface area contributed by atoms with Crippen LogP contribution in [0, 0.1) is 0 Å². The fourth-order valence-electron chi connectivity index (χ4n) is 5.48. The van der Waals surface area contributed by atoms with E-state index in [9.17, 15) is 9.59 Å². The lowest BCUT2D eigenvalue weighted by atomic mass is 10.0. The summed E-state index contributed by atoms with van der Waals surface area (Å²) in [7, 11) is 1.51. The second-order valence-electron chi connectivity index (χ2n) is 10.8. The van der Waals surface area contributed by atoms with Crippen LogP contribution in [0.15, 0.2) is 24.5 Å². The van der Waals surface area contributed by atoms with E-state index in [1.54, 1.807) is 12.4 Å². The molecule has 0 aliphatic carbocycles. The van der Waals surface area contributed by atoms with Gasteiger partial charge in [0.2, 0.25) is 11.8 Å². The highest BCUT2D eigenvalue weighted by Crippen LogP contribution is 2.42. The fraction of sp³-hybridized carbons (Fsp3) is 0.519. The number of H-pyrrole nitrogens is 1. The lowest BCUT2D eigenvalue weighted by Gasteiger charge is -2.43. The van der Waals surface area contributed by atoms with Crippen LogP contribution < -0.4 is 10.1 Å². The van der Waals surface area contributed by atoms with Gasteiger partial charge in [-0.3, -0.25) is 19.5 Å². The zero-order chi connectivity index (χ0) is 27.2. The van der Waals surface area contributed by atoms with Crippen molar-refractivity contribution >= 4 is 50.9 Å². The van der Waals surface area contributed by atoms with Crippen LogP contribution >= 0.6 is 11.6 Å². The van der Waals surface area contributed by atoms with Crippen molar-refractivity contribution in [3.63, 3.8) is 0 Å². The second kappa shape index (κ2) is 10.3. The van der Waals surface area contributed by atoms with Crippen molar-refractivity contribution in [1.82, 2.24) is 19.8 Å². The minimum atomic E-state index is -0.687. The summed E-state index contributed by atoms with van der Waals surface area (Å²) in [4.78, 5) is 38.3. The van der Waals surface area contributed by atoms with E-state index in [-0.39, 0.29) is 37.2 Å². The van der Waals surface area contributed by atoms with Gasteiger partial charge in [0.05, 0.1) is 60.3 Å². The summed E-state index contributed by atoms with van der Waals surface area (Å²) in [5.41, 5.74) is 1.42. The maximum Gasteiger partial charge on any atom is 0.244 e. The Kier molecular flexibility index (Phi) is 7.25. The first-order valence-corrected chi connectivity index (χ1v) is 13.2. The molecule has 2 saturated heterocycles. The number of benzene rings is 1. The second-order valence-corrected chi connectivity index (χ2v) is 11.2. The number of methoxy groups -OCH3 is 1. The molecule has 3 atom stereocenters. The van der Waals surface area contributed by atoms with Crippen LogP contribution in [-0.4, -0.2) is 95.3 Å². The summed E-state index contributed by atoms with van der Waals surface area (Å²) in [5.74, 6) is 0.00649. The number of carbonyl (C=O) groups is 2. The maximum absolute atomic E-state index is 13.8. The van der Waals surface area contributed by atoms with Crippen molar-refractivity contribution in [1.29, 1.82) is 0 Å². The molecule has 0 saturated carbocycles. The van der Waals surface area contributed by atoms with E-state index < -0.39 is 11.6 Å². The first-order chi connectivity index (χ1) is 18.1. The van der Waals surface area contributed by atoms with Crippen molar-refractivity contribution in [3.8, 4) is 5.75 Å². The van der Waals surface area contributed by atoms with Crippen LogP contribution in [0.2, 0.25) is 5.02 Å². The van der Waals surface area contributed by atoms with Crippen molar-refractivity contribution in [2.75, 3.05) is 45.2 Å². The number of halogens is 1. The average molecular weight is 544 g/mol. The van der Waals surface area contributed by atoms with E-state index in [1.807, 2.05) is 49.6 Å². The predicted octanol–water partition coefficient (Wildman–Crippen LogP) is 3.43. The Morgan fingerprint density at radius 2 is 2.00 bits per heavy atom. The van der Waals surface area contributed by atoms with E-state index in [1.165, 1.54) is 7.11 Å². The number of morpholine rings is 2. The first-order valence-electron chi connectivity index (χ1n) is 12.8. The number of hydrogen-bond acceptors (Lipinski definition) is 7. The van der Waals surface area contributed by atoms with Gasteiger partial charge in [-0.05, 0) is 39.8 Å². The number of nitrogens with zero attached hydrogens (tertiary/aromatic N) is 3. The molecule has 2 aliphatic rings.